The molecule has 0 fully saturated rings. The molecule has 104 valence electrons. The predicted octanol–water partition coefficient (Wildman–Crippen LogP) is 1.61. The molecule has 0 saturated carbocycles. The van der Waals surface area contributed by atoms with E-state index in [0.717, 1.165) is 11.3 Å². The van der Waals surface area contributed by atoms with Gasteiger partial charge in [-0.15, -0.1) is 0 Å². The Morgan fingerprint density at radius 2 is 1.84 bits per heavy atom. The number of carboxylic acid groups (broad SMARTS) is 1. The molecule has 1 aromatic carbocycles. The first-order valence-corrected chi connectivity index (χ1v) is 6.11. The maximum atomic E-state index is 11.7. The number of carboxylic acids is 1. The highest BCUT2D eigenvalue weighted by molar-refractivity contribution is 5.87. The van der Waals surface area contributed by atoms with Crippen LogP contribution in [-0.4, -0.2) is 29.1 Å². The highest BCUT2D eigenvalue weighted by atomic mass is 16.5. The number of aliphatic carboxylic acids is 1. The second kappa shape index (κ2) is 6.22. The minimum Gasteiger partial charge on any atom is -0.494 e. The second-order valence-corrected chi connectivity index (χ2v) is 4.73. The van der Waals surface area contributed by atoms with Gasteiger partial charge in [0.1, 0.15) is 11.3 Å². The second-order valence-electron chi connectivity index (χ2n) is 4.73. The van der Waals surface area contributed by atoms with Crippen molar-refractivity contribution in [2.75, 3.05) is 6.61 Å². The summed E-state index contributed by atoms with van der Waals surface area (Å²) in [5, 5.41) is 11.4. The summed E-state index contributed by atoms with van der Waals surface area (Å²) < 4.78 is 5.30. The minimum atomic E-state index is -1.26. The lowest BCUT2D eigenvalue weighted by molar-refractivity contribution is -0.145. The van der Waals surface area contributed by atoms with Crippen molar-refractivity contribution in [1.29, 1.82) is 0 Å². The van der Waals surface area contributed by atoms with E-state index in [9.17, 15) is 9.59 Å². The molecular formula is C14H19NO4. The lowest BCUT2D eigenvalue weighted by Crippen LogP contribution is -2.50. The van der Waals surface area contributed by atoms with Crippen molar-refractivity contribution in [2.45, 2.75) is 32.7 Å². The fraction of sp³-hybridized carbons (Fsp3) is 0.429. The molecule has 1 aromatic rings. The zero-order valence-electron chi connectivity index (χ0n) is 11.4. The first kappa shape index (κ1) is 15.0. The Bertz CT molecular complexity index is 451. The van der Waals surface area contributed by atoms with Gasteiger partial charge in [-0.25, -0.2) is 4.79 Å². The fourth-order valence-electron chi connectivity index (χ4n) is 1.50. The van der Waals surface area contributed by atoms with E-state index in [2.05, 4.69) is 5.32 Å². The van der Waals surface area contributed by atoms with Crippen molar-refractivity contribution in [3.05, 3.63) is 29.8 Å². The molecule has 0 radical (unpaired) electrons. The first-order valence-electron chi connectivity index (χ1n) is 6.11. The van der Waals surface area contributed by atoms with Gasteiger partial charge in [0, 0.05) is 0 Å². The van der Waals surface area contributed by atoms with Crippen molar-refractivity contribution < 1.29 is 19.4 Å². The van der Waals surface area contributed by atoms with Crippen LogP contribution in [0, 0.1) is 0 Å². The number of ether oxygens (including phenoxy) is 1. The van der Waals surface area contributed by atoms with Crippen LogP contribution in [0.5, 0.6) is 5.75 Å². The summed E-state index contributed by atoms with van der Waals surface area (Å²) >= 11 is 0. The number of nitrogens with one attached hydrogen (secondary N) is 1. The van der Waals surface area contributed by atoms with Gasteiger partial charge in [0.15, 0.2) is 0 Å². The molecule has 0 aromatic heterocycles. The Kier molecular flexibility index (Phi) is 4.92. The lowest BCUT2D eigenvalue weighted by Gasteiger charge is -2.20. The van der Waals surface area contributed by atoms with Crippen molar-refractivity contribution in [3.8, 4) is 5.75 Å². The minimum absolute atomic E-state index is 0.142. The summed E-state index contributed by atoms with van der Waals surface area (Å²) in [5.41, 5.74) is -0.454. The highest BCUT2D eigenvalue weighted by Crippen LogP contribution is 2.13. The number of carbonyl (C=O) groups excluding carboxylic acids is 1. The Labute approximate surface area is 112 Å². The molecule has 0 atom stereocenters. The van der Waals surface area contributed by atoms with Gasteiger partial charge < -0.3 is 15.2 Å². The topological polar surface area (TPSA) is 75.6 Å². The van der Waals surface area contributed by atoms with Gasteiger partial charge in [-0.1, -0.05) is 12.1 Å². The van der Waals surface area contributed by atoms with E-state index in [1.54, 1.807) is 24.3 Å². The van der Waals surface area contributed by atoms with E-state index in [1.165, 1.54) is 13.8 Å². The number of rotatable bonds is 6. The van der Waals surface area contributed by atoms with Crippen LogP contribution in [0.25, 0.3) is 0 Å². The molecule has 0 saturated heterocycles. The molecule has 5 heteroatoms. The summed E-state index contributed by atoms with van der Waals surface area (Å²) in [4.78, 5) is 22.6. The molecule has 0 bridgehead atoms. The van der Waals surface area contributed by atoms with E-state index in [-0.39, 0.29) is 12.3 Å². The van der Waals surface area contributed by atoms with E-state index in [4.69, 9.17) is 9.84 Å². The normalized spacial score (nSPS) is 10.9. The summed E-state index contributed by atoms with van der Waals surface area (Å²) in [6, 6.07) is 7.15. The lowest BCUT2D eigenvalue weighted by atomic mass is 10.1. The van der Waals surface area contributed by atoms with Gasteiger partial charge in [-0.05, 0) is 38.5 Å². The summed E-state index contributed by atoms with van der Waals surface area (Å²) in [6.45, 7) is 5.39. The van der Waals surface area contributed by atoms with Gasteiger partial charge in [0.05, 0.1) is 13.0 Å². The number of carbonyl (C=O) groups is 2. The van der Waals surface area contributed by atoms with Crippen LogP contribution in [0.4, 0.5) is 0 Å². The summed E-state index contributed by atoms with van der Waals surface area (Å²) in [5.74, 6) is -0.637. The summed E-state index contributed by atoms with van der Waals surface area (Å²) in [6.07, 6.45) is 0.142. The molecule has 19 heavy (non-hydrogen) atoms. The van der Waals surface area contributed by atoms with Gasteiger partial charge in [-0.2, -0.15) is 0 Å². The van der Waals surface area contributed by atoms with Crippen LogP contribution in [0.15, 0.2) is 24.3 Å². The Morgan fingerprint density at radius 3 is 2.32 bits per heavy atom. The third-order valence-electron chi connectivity index (χ3n) is 2.59. The fourth-order valence-corrected chi connectivity index (χ4v) is 1.50. The van der Waals surface area contributed by atoms with E-state index in [0.29, 0.717) is 6.61 Å². The smallest absolute Gasteiger partial charge is 0.328 e. The monoisotopic (exact) mass is 265 g/mol. The molecule has 1 amide bonds. The number of benzene rings is 1. The Hall–Kier alpha value is -2.04. The molecule has 2 N–H and O–H groups in total. The van der Waals surface area contributed by atoms with Crippen LogP contribution in [0.2, 0.25) is 0 Å². The van der Waals surface area contributed by atoms with E-state index in [1.807, 2.05) is 6.92 Å². The van der Waals surface area contributed by atoms with Crippen LogP contribution in [-0.2, 0) is 16.0 Å². The third-order valence-corrected chi connectivity index (χ3v) is 2.59. The van der Waals surface area contributed by atoms with Gasteiger partial charge in [0.25, 0.3) is 0 Å². The molecule has 0 aliphatic rings. The number of amides is 1. The quantitative estimate of drug-likeness (QED) is 0.819. The van der Waals surface area contributed by atoms with Crippen LogP contribution < -0.4 is 10.1 Å². The summed E-state index contributed by atoms with van der Waals surface area (Å²) in [7, 11) is 0. The molecule has 0 aliphatic carbocycles. The largest absolute Gasteiger partial charge is 0.494 e. The zero-order chi connectivity index (χ0) is 14.5. The predicted molar refractivity (Wildman–Crippen MR) is 71.2 cm³/mol. The average molecular weight is 265 g/mol. The number of hydrogen-bond acceptors (Lipinski definition) is 3. The van der Waals surface area contributed by atoms with Crippen LogP contribution in [0.1, 0.15) is 26.3 Å². The van der Waals surface area contributed by atoms with E-state index < -0.39 is 11.5 Å². The zero-order valence-corrected chi connectivity index (χ0v) is 11.4. The average Bonchev–Trinajstić information content (AvgIpc) is 2.31. The third kappa shape index (κ3) is 4.62. The van der Waals surface area contributed by atoms with E-state index >= 15 is 0 Å². The molecule has 0 aliphatic heterocycles. The Balaban J connectivity index is 2.60. The van der Waals surface area contributed by atoms with Crippen LogP contribution in [0.3, 0.4) is 0 Å². The molecule has 1 rings (SSSR count). The van der Waals surface area contributed by atoms with Gasteiger partial charge in [-0.3, -0.25) is 4.79 Å². The molecule has 0 spiro atoms. The SMILES string of the molecule is CCOc1ccc(CC(=O)NC(C)(C)C(=O)O)cc1. The van der Waals surface area contributed by atoms with Gasteiger partial charge in [0.2, 0.25) is 5.91 Å². The molecular weight excluding hydrogens is 246 g/mol. The maximum Gasteiger partial charge on any atom is 0.328 e. The van der Waals surface area contributed by atoms with Crippen molar-refractivity contribution in [2.24, 2.45) is 0 Å². The van der Waals surface area contributed by atoms with Crippen molar-refractivity contribution in [1.82, 2.24) is 5.32 Å². The van der Waals surface area contributed by atoms with Crippen molar-refractivity contribution >= 4 is 11.9 Å². The first-order chi connectivity index (χ1) is 8.85. The van der Waals surface area contributed by atoms with Crippen molar-refractivity contribution in [3.63, 3.8) is 0 Å². The van der Waals surface area contributed by atoms with Gasteiger partial charge >= 0.3 is 5.97 Å². The molecule has 5 nitrogen and oxygen atoms in total. The van der Waals surface area contributed by atoms with Crippen LogP contribution >= 0.6 is 0 Å². The Morgan fingerprint density at radius 1 is 1.26 bits per heavy atom. The molecule has 0 heterocycles. The standard InChI is InChI=1S/C14H19NO4/c1-4-19-11-7-5-10(6-8-11)9-12(16)15-14(2,3)13(17)18/h5-8H,4,9H2,1-3H3,(H,15,16)(H,17,18). The maximum absolute atomic E-state index is 11.7. The highest BCUT2D eigenvalue weighted by Gasteiger charge is 2.28. The number of hydrogen-bond donors (Lipinski definition) is 2. The molecule has 0 unspecified atom stereocenters.